The number of aryl methyl sites for hydroxylation is 1. The molecule has 4 rings (SSSR count). The predicted molar refractivity (Wildman–Crippen MR) is 112 cm³/mol. The summed E-state index contributed by atoms with van der Waals surface area (Å²) in [5.41, 5.74) is 0.298. The number of ether oxygens (including phenoxy) is 1. The van der Waals surface area contributed by atoms with E-state index in [2.05, 4.69) is 10.2 Å². The highest BCUT2D eigenvalue weighted by atomic mass is 19.1. The lowest BCUT2D eigenvalue weighted by Gasteiger charge is -2.09. The average molecular weight is 459 g/mol. The molecule has 0 aliphatic rings. The van der Waals surface area contributed by atoms with E-state index in [1.807, 2.05) is 0 Å². The summed E-state index contributed by atoms with van der Waals surface area (Å²) in [4.78, 5) is 12.7. The molecule has 0 saturated heterocycles. The van der Waals surface area contributed by atoms with Gasteiger partial charge in [0.1, 0.15) is 23.7 Å². The van der Waals surface area contributed by atoms with Crippen molar-refractivity contribution < 1.29 is 23.0 Å². The summed E-state index contributed by atoms with van der Waals surface area (Å²) in [6.07, 6.45) is 1.12. The number of rotatable bonds is 7. The Balaban J connectivity index is 1.60. The van der Waals surface area contributed by atoms with Crippen LogP contribution in [-0.2, 0) is 13.1 Å². The number of aliphatic hydroxyl groups is 1. The lowest BCUT2D eigenvalue weighted by atomic mass is 10.2. The molecular weight excluding hydrogens is 439 g/mol. The summed E-state index contributed by atoms with van der Waals surface area (Å²) in [5, 5.41) is 17.3. The van der Waals surface area contributed by atoms with E-state index in [4.69, 9.17) is 9.84 Å². The molecule has 0 aliphatic heterocycles. The molecule has 4 aromatic rings. The van der Waals surface area contributed by atoms with Crippen molar-refractivity contribution >= 4 is 0 Å². The maximum absolute atomic E-state index is 14.8. The highest BCUT2D eigenvalue weighted by molar-refractivity contribution is 5.42. The van der Waals surface area contributed by atoms with Crippen LogP contribution in [0.3, 0.4) is 0 Å². The SMILES string of the molecule is Cc1nn(CCO)c(C)c1Oc1ccc(-n2ncn(Cc3c(F)cccc3F)c2=O)cc1F. The minimum absolute atomic E-state index is 0.0885. The second-order valence-corrected chi connectivity index (χ2v) is 7.32. The van der Waals surface area contributed by atoms with Gasteiger partial charge < -0.3 is 9.84 Å². The van der Waals surface area contributed by atoms with Crippen LogP contribution >= 0.6 is 0 Å². The van der Waals surface area contributed by atoms with E-state index < -0.39 is 23.1 Å². The quantitative estimate of drug-likeness (QED) is 0.459. The number of halogens is 3. The molecule has 172 valence electrons. The molecule has 0 saturated carbocycles. The molecule has 33 heavy (non-hydrogen) atoms. The van der Waals surface area contributed by atoms with Gasteiger partial charge in [-0.3, -0.25) is 9.25 Å². The van der Waals surface area contributed by atoms with Crippen molar-refractivity contribution in [3.05, 3.63) is 87.6 Å². The summed E-state index contributed by atoms with van der Waals surface area (Å²) in [7, 11) is 0. The van der Waals surface area contributed by atoms with E-state index in [0.29, 0.717) is 17.1 Å². The van der Waals surface area contributed by atoms with Gasteiger partial charge in [0.25, 0.3) is 0 Å². The third-order valence-electron chi connectivity index (χ3n) is 5.12. The Hall–Kier alpha value is -3.86. The molecule has 0 aliphatic carbocycles. The van der Waals surface area contributed by atoms with E-state index in [-0.39, 0.29) is 36.7 Å². The van der Waals surface area contributed by atoms with Gasteiger partial charge in [-0.15, -0.1) is 0 Å². The Kier molecular flexibility index (Phi) is 6.05. The van der Waals surface area contributed by atoms with Crippen molar-refractivity contribution in [2.75, 3.05) is 6.61 Å². The molecule has 0 atom stereocenters. The number of aromatic nitrogens is 5. The molecule has 0 bridgehead atoms. The zero-order valence-electron chi connectivity index (χ0n) is 17.8. The van der Waals surface area contributed by atoms with Crippen LogP contribution in [0, 0.1) is 31.3 Å². The molecule has 0 amide bonds. The number of hydrogen-bond donors (Lipinski definition) is 1. The lowest BCUT2D eigenvalue weighted by molar-refractivity contribution is 0.267. The van der Waals surface area contributed by atoms with Gasteiger partial charge in [0.2, 0.25) is 0 Å². The van der Waals surface area contributed by atoms with Crippen LogP contribution in [0.25, 0.3) is 5.69 Å². The normalized spacial score (nSPS) is 11.2. The van der Waals surface area contributed by atoms with E-state index in [1.165, 1.54) is 18.2 Å². The Bertz CT molecular complexity index is 1360. The molecule has 8 nitrogen and oxygen atoms in total. The topological polar surface area (TPSA) is 87.1 Å². The van der Waals surface area contributed by atoms with Crippen LogP contribution in [0.15, 0.2) is 47.5 Å². The number of hydrogen-bond acceptors (Lipinski definition) is 5. The largest absolute Gasteiger partial charge is 0.450 e. The zero-order valence-corrected chi connectivity index (χ0v) is 17.8. The van der Waals surface area contributed by atoms with E-state index in [0.717, 1.165) is 33.8 Å². The maximum atomic E-state index is 14.8. The summed E-state index contributed by atoms with van der Waals surface area (Å²) in [6.45, 7) is 3.25. The van der Waals surface area contributed by atoms with Crippen LogP contribution in [0.2, 0.25) is 0 Å². The molecule has 0 fully saturated rings. The third-order valence-corrected chi connectivity index (χ3v) is 5.12. The van der Waals surface area contributed by atoms with Crippen LogP contribution in [0.1, 0.15) is 17.0 Å². The van der Waals surface area contributed by atoms with Crippen molar-refractivity contribution in [1.29, 1.82) is 0 Å². The Labute approximate surface area is 186 Å². The fraction of sp³-hybridized carbons (Fsp3) is 0.227. The monoisotopic (exact) mass is 459 g/mol. The molecule has 2 aromatic heterocycles. The van der Waals surface area contributed by atoms with Crippen molar-refractivity contribution in [3.8, 4) is 17.2 Å². The second kappa shape index (κ2) is 8.94. The molecule has 0 unspecified atom stereocenters. The Morgan fingerprint density at radius 2 is 1.79 bits per heavy atom. The summed E-state index contributed by atoms with van der Waals surface area (Å²) >= 11 is 0. The predicted octanol–water partition coefficient (Wildman–Crippen LogP) is 3.10. The van der Waals surface area contributed by atoms with Crippen molar-refractivity contribution in [2.24, 2.45) is 0 Å². The van der Waals surface area contributed by atoms with E-state index in [9.17, 15) is 18.0 Å². The molecular formula is C22H20F3N5O3. The minimum Gasteiger partial charge on any atom is -0.450 e. The fourth-order valence-electron chi connectivity index (χ4n) is 3.43. The van der Waals surface area contributed by atoms with Crippen molar-refractivity contribution in [1.82, 2.24) is 24.1 Å². The Morgan fingerprint density at radius 1 is 1.06 bits per heavy atom. The molecule has 2 aromatic carbocycles. The van der Waals surface area contributed by atoms with E-state index in [1.54, 1.807) is 18.5 Å². The first-order valence-electron chi connectivity index (χ1n) is 10.00. The smallest absolute Gasteiger partial charge is 0.350 e. The van der Waals surface area contributed by atoms with Gasteiger partial charge >= 0.3 is 5.69 Å². The second-order valence-electron chi connectivity index (χ2n) is 7.32. The van der Waals surface area contributed by atoms with Crippen LogP contribution in [-0.4, -0.2) is 35.8 Å². The molecule has 11 heteroatoms. The highest BCUT2D eigenvalue weighted by Gasteiger charge is 2.18. The standard InChI is InChI=1S/C22H20F3N5O3/c1-13-21(14(2)29(27-13)8-9-31)33-20-7-6-15(10-19(20)25)30-22(32)28(12-26-30)11-16-17(23)4-3-5-18(16)24/h3-7,10,12,31H,8-9,11H2,1-2H3. The first-order valence-corrected chi connectivity index (χ1v) is 10.00. The first kappa shape index (κ1) is 22.3. The minimum atomic E-state index is -0.782. The first-order chi connectivity index (χ1) is 15.8. The van der Waals surface area contributed by atoms with Crippen LogP contribution < -0.4 is 10.4 Å². The zero-order chi connectivity index (χ0) is 23.7. The van der Waals surface area contributed by atoms with Crippen LogP contribution in [0.4, 0.5) is 13.2 Å². The summed E-state index contributed by atoms with van der Waals surface area (Å²) in [5.74, 6) is -2.04. The van der Waals surface area contributed by atoms with Crippen molar-refractivity contribution in [3.63, 3.8) is 0 Å². The molecule has 0 spiro atoms. The van der Waals surface area contributed by atoms with Gasteiger partial charge in [0, 0.05) is 11.6 Å². The lowest BCUT2D eigenvalue weighted by Crippen LogP contribution is -2.24. The van der Waals surface area contributed by atoms with Gasteiger partial charge in [-0.25, -0.2) is 18.0 Å². The van der Waals surface area contributed by atoms with Gasteiger partial charge in [-0.2, -0.15) is 14.9 Å². The summed E-state index contributed by atoms with van der Waals surface area (Å²) < 4.78 is 51.8. The number of nitrogens with zero attached hydrogens (tertiary/aromatic N) is 5. The highest BCUT2D eigenvalue weighted by Crippen LogP contribution is 2.30. The maximum Gasteiger partial charge on any atom is 0.350 e. The number of aliphatic hydroxyl groups excluding tert-OH is 1. The molecule has 0 radical (unpaired) electrons. The van der Waals surface area contributed by atoms with Crippen LogP contribution in [0.5, 0.6) is 11.5 Å². The number of benzene rings is 2. The average Bonchev–Trinajstić information content (AvgIpc) is 3.26. The molecule has 2 heterocycles. The van der Waals surface area contributed by atoms with Gasteiger partial charge in [-0.05, 0) is 38.1 Å². The van der Waals surface area contributed by atoms with E-state index >= 15 is 0 Å². The Morgan fingerprint density at radius 3 is 2.45 bits per heavy atom. The van der Waals surface area contributed by atoms with Crippen molar-refractivity contribution in [2.45, 2.75) is 26.9 Å². The molecule has 1 N–H and O–H groups in total. The van der Waals surface area contributed by atoms with Gasteiger partial charge in [0.15, 0.2) is 17.3 Å². The fourth-order valence-corrected chi connectivity index (χ4v) is 3.43. The third kappa shape index (κ3) is 4.27. The van der Waals surface area contributed by atoms with Gasteiger partial charge in [0.05, 0.1) is 31.1 Å². The van der Waals surface area contributed by atoms with Gasteiger partial charge in [-0.1, -0.05) is 6.07 Å². The summed E-state index contributed by atoms with van der Waals surface area (Å²) in [6, 6.07) is 7.27.